The molecule has 0 radical (unpaired) electrons. The van der Waals surface area contributed by atoms with E-state index in [0.29, 0.717) is 10.5 Å². The van der Waals surface area contributed by atoms with Gasteiger partial charge >= 0.3 is 0 Å². The van der Waals surface area contributed by atoms with Crippen LogP contribution in [-0.4, -0.2) is 32.0 Å². The molecular formula is C19H19N5O4S. The van der Waals surface area contributed by atoms with Crippen molar-refractivity contribution in [3.05, 3.63) is 64.0 Å². The Balaban J connectivity index is 1.54. The van der Waals surface area contributed by atoms with Crippen molar-refractivity contribution in [3.8, 4) is 0 Å². The van der Waals surface area contributed by atoms with Gasteiger partial charge in [-0.15, -0.1) is 11.8 Å². The van der Waals surface area contributed by atoms with Crippen LogP contribution in [0.15, 0.2) is 47.4 Å². The number of benzene rings is 2. The van der Waals surface area contributed by atoms with Gasteiger partial charge in [0.1, 0.15) is 5.82 Å². The largest absolute Gasteiger partial charge is 0.329 e. The highest BCUT2D eigenvalue weighted by Gasteiger charge is 2.12. The summed E-state index contributed by atoms with van der Waals surface area (Å²) in [5, 5.41) is 10.6. The topological polar surface area (TPSA) is 119 Å². The fraction of sp³-hybridized carbons (Fsp3) is 0.211. The molecule has 0 aliphatic carbocycles. The van der Waals surface area contributed by atoms with Crippen LogP contribution < -0.4 is 10.9 Å². The molecule has 2 N–H and O–H groups in total. The Morgan fingerprint density at radius 1 is 1.17 bits per heavy atom. The molecule has 2 amide bonds. The Bertz CT molecular complexity index is 1080. The van der Waals surface area contributed by atoms with E-state index in [2.05, 4.69) is 15.8 Å². The number of amides is 2. The monoisotopic (exact) mass is 413 g/mol. The minimum atomic E-state index is -0.484. The first-order valence-corrected chi connectivity index (χ1v) is 9.81. The van der Waals surface area contributed by atoms with Crippen LogP contribution in [0.25, 0.3) is 11.0 Å². The molecule has 0 saturated heterocycles. The third kappa shape index (κ3) is 4.72. The summed E-state index contributed by atoms with van der Waals surface area (Å²) in [6, 6.07) is 11.1. The minimum Gasteiger partial charge on any atom is -0.329 e. The van der Waals surface area contributed by atoms with Crippen molar-refractivity contribution in [2.24, 2.45) is 0 Å². The van der Waals surface area contributed by atoms with Crippen LogP contribution in [0.2, 0.25) is 0 Å². The molecule has 10 heteroatoms. The van der Waals surface area contributed by atoms with Crippen LogP contribution in [0.5, 0.6) is 0 Å². The van der Waals surface area contributed by atoms with Crippen molar-refractivity contribution < 1.29 is 14.5 Å². The molecular weight excluding hydrogens is 394 g/mol. The number of carbonyl (C=O) groups is 2. The maximum Gasteiger partial charge on any atom is 0.269 e. The van der Waals surface area contributed by atoms with Crippen LogP contribution in [0.4, 0.5) is 5.69 Å². The number of aryl methyl sites for hydroxylation is 2. The smallest absolute Gasteiger partial charge is 0.269 e. The molecule has 9 nitrogen and oxygen atoms in total. The maximum absolute atomic E-state index is 12.3. The van der Waals surface area contributed by atoms with Gasteiger partial charge in [0, 0.05) is 29.1 Å². The second-order valence-corrected chi connectivity index (χ2v) is 7.20. The Kier molecular flexibility index (Phi) is 6.13. The van der Waals surface area contributed by atoms with Gasteiger partial charge in [0.25, 0.3) is 11.6 Å². The zero-order valence-electron chi connectivity index (χ0n) is 15.8. The zero-order valence-corrected chi connectivity index (χ0v) is 16.7. The lowest BCUT2D eigenvalue weighted by Crippen LogP contribution is -2.42. The van der Waals surface area contributed by atoms with Gasteiger partial charge in [-0.25, -0.2) is 4.98 Å². The van der Waals surface area contributed by atoms with E-state index < -0.39 is 16.7 Å². The van der Waals surface area contributed by atoms with E-state index in [1.807, 2.05) is 24.5 Å². The third-order valence-corrected chi connectivity index (χ3v) is 5.26. The molecule has 0 bridgehead atoms. The van der Waals surface area contributed by atoms with Crippen molar-refractivity contribution in [2.75, 3.05) is 5.75 Å². The van der Waals surface area contributed by atoms with E-state index in [9.17, 15) is 19.7 Å². The first-order valence-electron chi connectivity index (χ1n) is 8.82. The van der Waals surface area contributed by atoms with Gasteiger partial charge in [0.15, 0.2) is 0 Å². The van der Waals surface area contributed by atoms with E-state index in [1.165, 1.54) is 23.9 Å². The molecule has 0 aliphatic rings. The molecule has 3 rings (SSSR count). The number of rotatable bonds is 6. The van der Waals surface area contributed by atoms with Crippen LogP contribution in [-0.2, 0) is 11.3 Å². The molecule has 1 aromatic heterocycles. The predicted molar refractivity (Wildman–Crippen MR) is 110 cm³/mol. The normalized spacial score (nSPS) is 10.7. The molecule has 0 spiro atoms. The molecule has 0 atom stereocenters. The van der Waals surface area contributed by atoms with E-state index >= 15 is 0 Å². The quantitative estimate of drug-likeness (QED) is 0.364. The number of non-ortho nitro benzene ring substituents is 1. The number of thioether (sulfide) groups is 1. The summed E-state index contributed by atoms with van der Waals surface area (Å²) < 4.78 is 2.05. The van der Waals surface area contributed by atoms with Crippen LogP contribution in [0, 0.1) is 17.0 Å². The highest BCUT2D eigenvalue weighted by molar-refractivity contribution is 8.00. The molecule has 29 heavy (non-hydrogen) atoms. The second kappa shape index (κ2) is 8.74. The average Bonchev–Trinajstić information content (AvgIpc) is 3.04. The zero-order chi connectivity index (χ0) is 21.0. The van der Waals surface area contributed by atoms with Gasteiger partial charge in [-0.2, -0.15) is 0 Å². The Morgan fingerprint density at radius 3 is 2.55 bits per heavy atom. The summed E-state index contributed by atoms with van der Waals surface area (Å²) in [5.74, 6) is 0.0897. The molecule has 150 valence electrons. The van der Waals surface area contributed by atoms with E-state index in [0.717, 1.165) is 23.4 Å². The average molecular weight is 413 g/mol. The molecule has 2 aromatic carbocycles. The number of nitro benzene ring substituents is 1. The summed E-state index contributed by atoms with van der Waals surface area (Å²) in [6.45, 7) is 4.72. The van der Waals surface area contributed by atoms with Crippen LogP contribution in [0.3, 0.4) is 0 Å². The van der Waals surface area contributed by atoms with Gasteiger partial charge in [0.2, 0.25) is 5.91 Å². The summed E-state index contributed by atoms with van der Waals surface area (Å²) in [7, 11) is 0. The van der Waals surface area contributed by atoms with Crippen molar-refractivity contribution in [1.29, 1.82) is 0 Å². The van der Waals surface area contributed by atoms with Crippen molar-refractivity contribution in [3.63, 3.8) is 0 Å². The highest BCUT2D eigenvalue weighted by atomic mass is 32.2. The van der Waals surface area contributed by atoms with Crippen LogP contribution >= 0.6 is 11.8 Å². The number of aromatic nitrogens is 2. The molecule has 1 heterocycles. The van der Waals surface area contributed by atoms with Gasteiger partial charge in [0.05, 0.1) is 21.7 Å². The van der Waals surface area contributed by atoms with E-state index in [4.69, 9.17) is 0 Å². The first-order chi connectivity index (χ1) is 13.9. The summed E-state index contributed by atoms with van der Waals surface area (Å²) in [5.41, 5.74) is 6.79. The number of imidazole rings is 1. The molecule has 0 saturated carbocycles. The fourth-order valence-corrected chi connectivity index (χ4v) is 3.54. The van der Waals surface area contributed by atoms with E-state index in [-0.39, 0.29) is 11.4 Å². The summed E-state index contributed by atoms with van der Waals surface area (Å²) >= 11 is 1.21. The van der Waals surface area contributed by atoms with Crippen LogP contribution in [0.1, 0.15) is 23.1 Å². The van der Waals surface area contributed by atoms with Gasteiger partial charge in [-0.3, -0.25) is 30.6 Å². The predicted octanol–water partition coefficient (Wildman–Crippen LogP) is 2.83. The summed E-state index contributed by atoms with van der Waals surface area (Å²) in [6.07, 6.45) is 0. The number of hydrogen-bond acceptors (Lipinski definition) is 6. The number of carbonyl (C=O) groups excluding carboxylic acids is 2. The number of hydrazine groups is 1. The Labute approximate surface area is 170 Å². The SMILES string of the molecule is CCn1c(C)nc2cc(C(=O)NNC(=O)CSc3ccc([N+](=O)[O-])cc3)ccc21. The lowest BCUT2D eigenvalue weighted by molar-refractivity contribution is -0.384. The minimum absolute atomic E-state index is 0.0120. The Morgan fingerprint density at radius 2 is 1.90 bits per heavy atom. The first kappa shape index (κ1) is 20.3. The fourth-order valence-electron chi connectivity index (χ4n) is 2.84. The lowest BCUT2D eigenvalue weighted by atomic mass is 10.2. The van der Waals surface area contributed by atoms with Gasteiger partial charge < -0.3 is 4.57 Å². The standard InChI is InChI=1S/C19H19N5O4S/c1-3-23-12(2)20-16-10-13(4-9-17(16)23)19(26)22-21-18(25)11-29-15-7-5-14(6-8-15)24(27)28/h4-10H,3,11H2,1-2H3,(H,21,25)(H,22,26). The maximum atomic E-state index is 12.3. The van der Waals surface area contributed by atoms with Gasteiger partial charge in [-0.1, -0.05) is 0 Å². The van der Waals surface area contributed by atoms with Crippen molar-refractivity contribution >= 4 is 40.3 Å². The molecule has 0 unspecified atom stereocenters. The summed E-state index contributed by atoms with van der Waals surface area (Å²) in [4.78, 5) is 39.6. The van der Waals surface area contributed by atoms with Crippen molar-refractivity contribution in [1.82, 2.24) is 20.4 Å². The third-order valence-electron chi connectivity index (χ3n) is 4.25. The van der Waals surface area contributed by atoms with Gasteiger partial charge in [-0.05, 0) is 44.2 Å². The lowest BCUT2D eigenvalue weighted by Gasteiger charge is -2.08. The number of nitro groups is 1. The molecule has 0 aliphatic heterocycles. The number of nitrogens with zero attached hydrogens (tertiary/aromatic N) is 3. The molecule has 0 fully saturated rings. The number of hydrogen-bond donors (Lipinski definition) is 2. The Hall–Kier alpha value is -3.40. The second-order valence-electron chi connectivity index (χ2n) is 6.15. The molecule has 3 aromatic rings. The highest BCUT2D eigenvalue weighted by Crippen LogP contribution is 2.21. The number of fused-ring (bicyclic) bond motifs is 1. The number of nitrogens with one attached hydrogen (secondary N) is 2. The van der Waals surface area contributed by atoms with Crippen molar-refractivity contribution in [2.45, 2.75) is 25.3 Å². The van der Waals surface area contributed by atoms with E-state index in [1.54, 1.807) is 24.3 Å².